The van der Waals surface area contributed by atoms with Crippen LogP contribution in [0.4, 0.5) is 0 Å². The van der Waals surface area contributed by atoms with E-state index in [0.29, 0.717) is 0 Å². The van der Waals surface area contributed by atoms with Crippen LogP contribution in [0.15, 0.2) is 46.9 Å². The Balaban J connectivity index is 1.98. The topological polar surface area (TPSA) is 44.5 Å². The van der Waals surface area contributed by atoms with E-state index in [0.717, 1.165) is 33.5 Å². The number of nitrogens with two attached hydrogens (primary N) is 1. The van der Waals surface area contributed by atoms with E-state index < -0.39 is 0 Å². The Morgan fingerprint density at radius 1 is 1.20 bits per heavy atom. The highest BCUT2D eigenvalue weighted by molar-refractivity contribution is 9.10. The number of methoxy groups -OCH3 is 1. The van der Waals surface area contributed by atoms with Crippen molar-refractivity contribution in [3.63, 3.8) is 0 Å². The number of ether oxygens (including phenoxy) is 2. The molecule has 104 valence electrons. The number of benzene rings is 2. The summed E-state index contributed by atoms with van der Waals surface area (Å²) in [4.78, 5) is 0. The Labute approximate surface area is 126 Å². The van der Waals surface area contributed by atoms with Gasteiger partial charge in [0.15, 0.2) is 0 Å². The lowest BCUT2D eigenvalue weighted by molar-refractivity contribution is 0.158. The normalized spacial score (nSPS) is 20.9. The van der Waals surface area contributed by atoms with Gasteiger partial charge in [-0.05, 0) is 18.2 Å². The van der Waals surface area contributed by atoms with E-state index in [1.165, 1.54) is 0 Å². The van der Waals surface area contributed by atoms with Crippen LogP contribution < -0.4 is 15.2 Å². The maximum absolute atomic E-state index is 6.28. The zero-order valence-corrected chi connectivity index (χ0v) is 12.8. The summed E-state index contributed by atoms with van der Waals surface area (Å²) in [5.74, 6) is 1.68. The zero-order chi connectivity index (χ0) is 14.1. The van der Waals surface area contributed by atoms with E-state index in [1.54, 1.807) is 7.11 Å². The molecule has 1 unspecified atom stereocenters. The van der Waals surface area contributed by atoms with Crippen molar-refractivity contribution in [1.82, 2.24) is 0 Å². The third kappa shape index (κ3) is 2.41. The first-order chi connectivity index (χ1) is 9.69. The Hall–Kier alpha value is -1.52. The summed E-state index contributed by atoms with van der Waals surface area (Å²) in [7, 11) is 1.67. The summed E-state index contributed by atoms with van der Waals surface area (Å²) < 4.78 is 12.5. The predicted octanol–water partition coefficient (Wildman–Crippen LogP) is 3.98. The summed E-state index contributed by atoms with van der Waals surface area (Å²) in [5, 5.41) is 0. The highest BCUT2D eigenvalue weighted by Gasteiger charge is 2.28. The van der Waals surface area contributed by atoms with Crippen molar-refractivity contribution in [2.45, 2.75) is 18.6 Å². The maximum atomic E-state index is 6.28. The van der Waals surface area contributed by atoms with E-state index in [9.17, 15) is 0 Å². The number of para-hydroxylation sites is 1. The molecule has 0 saturated heterocycles. The summed E-state index contributed by atoms with van der Waals surface area (Å²) in [6.45, 7) is 0. The number of hydrogen-bond acceptors (Lipinski definition) is 3. The fourth-order valence-electron chi connectivity index (χ4n) is 2.60. The number of halogens is 1. The molecule has 0 spiro atoms. The molecular weight excluding hydrogens is 318 g/mol. The molecule has 2 atom stereocenters. The third-order valence-electron chi connectivity index (χ3n) is 3.60. The smallest absolute Gasteiger partial charge is 0.129 e. The quantitative estimate of drug-likeness (QED) is 0.903. The van der Waals surface area contributed by atoms with Crippen LogP contribution in [-0.4, -0.2) is 7.11 Å². The maximum Gasteiger partial charge on any atom is 0.129 e. The van der Waals surface area contributed by atoms with E-state index in [1.807, 2.05) is 42.5 Å². The molecule has 0 radical (unpaired) electrons. The SMILES string of the molecule is COc1ccccc1C1C[C@@H](N)c2ccc(Br)cc2O1. The Kier molecular flexibility index (Phi) is 3.68. The van der Waals surface area contributed by atoms with Gasteiger partial charge >= 0.3 is 0 Å². The Bertz CT molecular complexity index is 630. The molecule has 0 aromatic heterocycles. The van der Waals surface area contributed by atoms with Gasteiger partial charge in [-0.15, -0.1) is 0 Å². The van der Waals surface area contributed by atoms with Gasteiger partial charge in [-0.3, -0.25) is 0 Å². The second kappa shape index (κ2) is 5.46. The van der Waals surface area contributed by atoms with Gasteiger partial charge < -0.3 is 15.2 Å². The highest BCUT2D eigenvalue weighted by Crippen LogP contribution is 2.42. The van der Waals surface area contributed by atoms with Crippen LogP contribution in [0, 0.1) is 0 Å². The van der Waals surface area contributed by atoms with E-state index >= 15 is 0 Å². The summed E-state index contributed by atoms with van der Waals surface area (Å²) >= 11 is 3.47. The summed E-state index contributed by atoms with van der Waals surface area (Å²) in [5.41, 5.74) is 8.37. The lowest BCUT2D eigenvalue weighted by Crippen LogP contribution is -2.24. The van der Waals surface area contributed by atoms with Crippen molar-refractivity contribution in [2.24, 2.45) is 5.73 Å². The van der Waals surface area contributed by atoms with Gasteiger partial charge in [0.2, 0.25) is 0 Å². The Morgan fingerprint density at radius 3 is 2.80 bits per heavy atom. The van der Waals surface area contributed by atoms with E-state index in [-0.39, 0.29) is 12.1 Å². The molecule has 0 saturated carbocycles. The van der Waals surface area contributed by atoms with Crippen molar-refractivity contribution in [2.75, 3.05) is 7.11 Å². The highest BCUT2D eigenvalue weighted by atomic mass is 79.9. The molecule has 4 heteroatoms. The van der Waals surface area contributed by atoms with Crippen LogP contribution in [-0.2, 0) is 0 Å². The lowest BCUT2D eigenvalue weighted by atomic mass is 9.93. The van der Waals surface area contributed by atoms with E-state index in [4.69, 9.17) is 15.2 Å². The van der Waals surface area contributed by atoms with Crippen LogP contribution in [0.3, 0.4) is 0 Å². The molecule has 3 rings (SSSR count). The molecule has 2 N–H and O–H groups in total. The lowest BCUT2D eigenvalue weighted by Gasteiger charge is -2.31. The van der Waals surface area contributed by atoms with Crippen molar-refractivity contribution < 1.29 is 9.47 Å². The molecule has 2 aromatic rings. The molecule has 20 heavy (non-hydrogen) atoms. The molecule has 0 fully saturated rings. The van der Waals surface area contributed by atoms with Crippen molar-refractivity contribution in [1.29, 1.82) is 0 Å². The monoisotopic (exact) mass is 333 g/mol. The number of fused-ring (bicyclic) bond motifs is 1. The average molecular weight is 334 g/mol. The minimum absolute atomic E-state index is 0.0261. The number of rotatable bonds is 2. The predicted molar refractivity (Wildman–Crippen MR) is 82.1 cm³/mol. The fraction of sp³-hybridized carbons (Fsp3) is 0.250. The molecule has 2 aromatic carbocycles. The van der Waals surface area contributed by atoms with Gasteiger partial charge in [0.05, 0.1) is 7.11 Å². The van der Waals surface area contributed by atoms with Gasteiger partial charge in [-0.2, -0.15) is 0 Å². The molecule has 0 bridgehead atoms. The van der Waals surface area contributed by atoms with Gasteiger partial charge in [0.1, 0.15) is 17.6 Å². The van der Waals surface area contributed by atoms with Gasteiger partial charge in [-0.25, -0.2) is 0 Å². The van der Waals surface area contributed by atoms with Crippen molar-refractivity contribution in [3.8, 4) is 11.5 Å². The molecule has 3 nitrogen and oxygen atoms in total. The average Bonchev–Trinajstić information content (AvgIpc) is 2.46. The van der Waals surface area contributed by atoms with Crippen LogP contribution in [0.2, 0.25) is 0 Å². The summed E-state index contributed by atoms with van der Waals surface area (Å²) in [6.07, 6.45) is 0.664. The third-order valence-corrected chi connectivity index (χ3v) is 4.09. The molecule has 0 aliphatic carbocycles. The minimum atomic E-state index is -0.0806. The van der Waals surface area contributed by atoms with Crippen molar-refractivity contribution in [3.05, 3.63) is 58.1 Å². The van der Waals surface area contributed by atoms with Crippen molar-refractivity contribution >= 4 is 15.9 Å². The second-order valence-corrected chi connectivity index (χ2v) is 5.79. The molecule has 1 aliphatic heterocycles. The first-order valence-corrected chi connectivity index (χ1v) is 7.33. The number of hydrogen-bond donors (Lipinski definition) is 1. The molecular formula is C16H16BrNO2. The standard InChI is InChI=1S/C16H16BrNO2/c1-19-14-5-3-2-4-12(14)16-9-13(18)11-7-6-10(17)8-15(11)20-16/h2-8,13,16H,9,18H2,1H3/t13-,16?/m1/s1. The van der Waals surface area contributed by atoms with Crippen LogP contribution >= 0.6 is 15.9 Å². The van der Waals surface area contributed by atoms with E-state index in [2.05, 4.69) is 15.9 Å². The molecule has 0 amide bonds. The molecule has 1 aliphatic rings. The van der Waals surface area contributed by atoms with Gasteiger partial charge in [0.25, 0.3) is 0 Å². The minimum Gasteiger partial charge on any atom is -0.496 e. The first kappa shape index (κ1) is 13.5. The largest absolute Gasteiger partial charge is 0.496 e. The first-order valence-electron chi connectivity index (χ1n) is 6.53. The Morgan fingerprint density at radius 2 is 2.00 bits per heavy atom. The van der Waals surface area contributed by atoms with Crippen LogP contribution in [0.25, 0.3) is 0 Å². The van der Waals surface area contributed by atoms with Crippen LogP contribution in [0.1, 0.15) is 29.7 Å². The second-order valence-electron chi connectivity index (χ2n) is 4.87. The van der Waals surface area contributed by atoms with Gasteiger partial charge in [-0.1, -0.05) is 40.2 Å². The van der Waals surface area contributed by atoms with Gasteiger partial charge in [0, 0.05) is 28.1 Å². The fourth-order valence-corrected chi connectivity index (χ4v) is 2.94. The zero-order valence-electron chi connectivity index (χ0n) is 11.2. The molecule has 1 heterocycles. The summed E-state index contributed by atoms with van der Waals surface area (Å²) in [6, 6.07) is 13.9. The van der Waals surface area contributed by atoms with Crippen LogP contribution in [0.5, 0.6) is 11.5 Å².